The summed E-state index contributed by atoms with van der Waals surface area (Å²) < 4.78 is 6.12. The van der Waals surface area contributed by atoms with Gasteiger partial charge in [0, 0.05) is 0 Å². The van der Waals surface area contributed by atoms with E-state index in [1.807, 2.05) is 0 Å². The molecule has 1 rings (SSSR count). The van der Waals surface area contributed by atoms with Gasteiger partial charge < -0.3 is 9.53 Å². The Kier molecular flexibility index (Phi) is 3.41. The summed E-state index contributed by atoms with van der Waals surface area (Å²) >= 11 is 0. The summed E-state index contributed by atoms with van der Waals surface area (Å²) in [7, 11) is -2.68. The second-order valence-corrected chi connectivity index (χ2v) is 20.5. The van der Waals surface area contributed by atoms with Crippen molar-refractivity contribution in [3.05, 3.63) is 12.7 Å². The SMILES string of the molecule is C=CC(O)C1CC[Si](C)(C)[Si](C)(C)O1. The molecule has 1 heterocycles. The molecule has 4 heteroatoms. The Hall–Kier alpha value is 0.0938. The third-order valence-electron chi connectivity index (χ3n) is 3.75. The minimum absolute atomic E-state index is 0.00897. The highest BCUT2D eigenvalue weighted by Gasteiger charge is 2.48. The third-order valence-corrected chi connectivity index (χ3v) is 20.3. The zero-order valence-corrected chi connectivity index (χ0v) is 11.7. The molecule has 0 spiro atoms. The van der Waals surface area contributed by atoms with E-state index in [1.54, 1.807) is 6.08 Å². The molecule has 0 aromatic rings. The first kappa shape index (κ1) is 12.2. The number of rotatable bonds is 2. The van der Waals surface area contributed by atoms with E-state index >= 15 is 0 Å². The minimum Gasteiger partial charge on any atom is -0.414 e. The molecule has 1 aliphatic rings. The van der Waals surface area contributed by atoms with Crippen LogP contribution in [0.3, 0.4) is 0 Å². The molecule has 1 aliphatic heterocycles. The highest BCUT2D eigenvalue weighted by molar-refractivity contribution is 7.38. The van der Waals surface area contributed by atoms with E-state index in [2.05, 4.69) is 32.8 Å². The first-order valence-electron chi connectivity index (χ1n) is 5.28. The van der Waals surface area contributed by atoms with Gasteiger partial charge in [-0.25, -0.2) is 0 Å². The van der Waals surface area contributed by atoms with Gasteiger partial charge >= 0.3 is 0 Å². The molecular weight excluding hydrogens is 208 g/mol. The summed E-state index contributed by atoms with van der Waals surface area (Å²) in [5.74, 6) is 0. The zero-order chi connectivity index (χ0) is 11.0. The van der Waals surface area contributed by atoms with Crippen molar-refractivity contribution in [2.24, 2.45) is 0 Å². The maximum Gasteiger partial charge on any atom is 0.174 e. The van der Waals surface area contributed by atoms with Gasteiger partial charge in [-0.05, 0) is 19.5 Å². The molecule has 0 saturated carbocycles. The average Bonchev–Trinajstić information content (AvgIpc) is 2.08. The summed E-state index contributed by atoms with van der Waals surface area (Å²) in [5.41, 5.74) is 0. The third kappa shape index (κ3) is 2.19. The van der Waals surface area contributed by atoms with Crippen molar-refractivity contribution in [2.75, 3.05) is 0 Å². The molecule has 0 aromatic heterocycles. The quantitative estimate of drug-likeness (QED) is 0.583. The van der Waals surface area contributed by atoms with Gasteiger partial charge in [0.2, 0.25) is 0 Å². The Morgan fingerprint density at radius 1 is 1.43 bits per heavy atom. The summed E-state index contributed by atoms with van der Waals surface area (Å²) in [6.45, 7) is 13.0. The normalized spacial score (nSPS) is 32.2. The van der Waals surface area contributed by atoms with Crippen LogP contribution in [0.4, 0.5) is 0 Å². The summed E-state index contributed by atoms with van der Waals surface area (Å²) in [5, 5.41) is 9.68. The maximum atomic E-state index is 9.68. The largest absolute Gasteiger partial charge is 0.414 e. The predicted molar refractivity (Wildman–Crippen MR) is 65.5 cm³/mol. The van der Waals surface area contributed by atoms with E-state index in [1.165, 1.54) is 6.04 Å². The summed E-state index contributed by atoms with van der Waals surface area (Å²) in [6.07, 6.45) is 2.12. The molecular formula is C10H22O2Si2. The van der Waals surface area contributed by atoms with Crippen LogP contribution < -0.4 is 0 Å². The molecule has 0 radical (unpaired) electrons. The van der Waals surface area contributed by atoms with E-state index in [0.717, 1.165) is 6.42 Å². The Morgan fingerprint density at radius 3 is 2.43 bits per heavy atom. The highest BCUT2D eigenvalue weighted by Crippen LogP contribution is 2.34. The highest BCUT2D eigenvalue weighted by atomic mass is 29.3. The number of hydrogen-bond acceptors (Lipinski definition) is 2. The lowest BCUT2D eigenvalue weighted by Crippen LogP contribution is -2.63. The molecule has 0 aliphatic carbocycles. The van der Waals surface area contributed by atoms with Crippen LogP contribution in [0.1, 0.15) is 6.42 Å². The van der Waals surface area contributed by atoms with Gasteiger partial charge in [0.1, 0.15) is 0 Å². The van der Waals surface area contributed by atoms with E-state index in [4.69, 9.17) is 4.43 Å². The fraction of sp³-hybridized carbons (Fsp3) is 0.800. The van der Waals surface area contributed by atoms with Crippen molar-refractivity contribution in [1.29, 1.82) is 0 Å². The Bertz CT molecular complexity index is 226. The first-order chi connectivity index (χ1) is 6.30. The molecule has 1 saturated heterocycles. The number of aliphatic hydroxyl groups excluding tert-OH is 1. The van der Waals surface area contributed by atoms with Gasteiger partial charge in [-0.2, -0.15) is 0 Å². The van der Waals surface area contributed by atoms with Crippen LogP contribution in [0, 0.1) is 0 Å². The number of hydrogen-bond donors (Lipinski definition) is 1. The van der Waals surface area contributed by atoms with Crippen molar-refractivity contribution in [3.8, 4) is 0 Å². The standard InChI is InChI=1S/C10H22O2Si2/c1-6-9(11)10-7-8-13(2,3)14(4,5)12-10/h6,9-11H,1,7-8H2,2-5H3. The molecule has 14 heavy (non-hydrogen) atoms. The molecule has 0 bridgehead atoms. The molecule has 2 unspecified atom stereocenters. The fourth-order valence-electron chi connectivity index (χ4n) is 1.79. The van der Waals surface area contributed by atoms with E-state index < -0.39 is 21.5 Å². The summed E-state index contributed by atoms with van der Waals surface area (Å²) in [6, 6.07) is 1.28. The lowest BCUT2D eigenvalue weighted by molar-refractivity contribution is 0.0575. The maximum absolute atomic E-state index is 9.68. The van der Waals surface area contributed by atoms with Gasteiger partial charge in [0.05, 0.1) is 19.8 Å². The van der Waals surface area contributed by atoms with Crippen LogP contribution in [0.15, 0.2) is 12.7 Å². The molecule has 2 nitrogen and oxygen atoms in total. The monoisotopic (exact) mass is 230 g/mol. The van der Waals surface area contributed by atoms with E-state index in [0.29, 0.717) is 0 Å². The molecule has 1 fully saturated rings. The van der Waals surface area contributed by atoms with Crippen LogP contribution >= 0.6 is 0 Å². The van der Waals surface area contributed by atoms with Crippen LogP contribution in [0.2, 0.25) is 32.2 Å². The van der Waals surface area contributed by atoms with Crippen molar-refractivity contribution in [1.82, 2.24) is 0 Å². The number of aliphatic hydroxyl groups is 1. The molecule has 0 amide bonds. The van der Waals surface area contributed by atoms with Crippen molar-refractivity contribution in [3.63, 3.8) is 0 Å². The second kappa shape index (κ2) is 3.92. The molecule has 2 atom stereocenters. The van der Waals surface area contributed by atoms with Crippen LogP contribution in [0.25, 0.3) is 0 Å². The van der Waals surface area contributed by atoms with E-state index in [9.17, 15) is 5.11 Å². The van der Waals surface area contributed by atoms with Crippen molar-refractivity contribution in [2.45, 2.75) is 50.9 Å². The summed E-state index contributed by atoms with van der Waals surface area (Å²) in [4.78, 5) is 0. The van der Waals surface area contributed by atoms with Gasteiger partial charge in [0.25, 0.3) is 0 Å². The zero-order valence-electron chi connectivity index (χ0n) is 9.71. The second-order valence-electron chi connectivity index (χ2n) is 5.32. The van der Waals surface area contributed by atoms with Crippen LogP contribution in [-0.4, -0.2) is 32.7 Å². The van der Waals surface area contributed by atoms with Crippen molar-refractivity contribution < 1.29 is 9.53 Å². The van der Waals surface area contributed by atoms with Crippen LogP contribution in [-0.2, 0) is 4.43 Å². The lowest BCUT2D eigenvalue weighted by atomic mass is 10.1. The Labute approximate surface area is 88.9 Å². The smallest absolute Gasteiger partial charge is 0.174 e. The Morgan fingerprint density at radius 2 is 2.00 bits per heavy atom. The van der Waals surface area contributed by atoms with Gasteiger partial charge in [-0.1, -0.05) is 25.2 Å². The fourth-order valence-corrected chi connectivity index (χ4v) is 8.39. The topological polar surface area (TPSA) is 29.5 Å². The van der Waals surface area contributed by atoms with Gasteiger partial charge in [0.15, 0.2) is 7.83 Å². The van der Waals surface area contributed by atoms with Crippen molar-refractivity contribution >= 4 is 15.4 Å². The van der Waals surface area contributed by atoms with E-state index in [-0.39, 0.29) is 6.10 Å². The lowest BCUT2D eigenvalue weighted by Gasteiger charge is -2.46. The predicted octanol–water partition coefficient (Wildman–Crippen LogP) is 2.31. The molecule has 82 valence electrons. The first-order valence-corrected chi connectivity index (χ1v) is 12.4. The Balaban J connectivity index is 2.72. The molecule has 1 N–H and O–H groups in total. The minimum atomic E-state index is -1.53. The van der Waals surface area contributed by atoms with Crippen LogP contribution in [0.5, 0.6) is 0 Å². The average molecular weight is 230 g/mol. The van der Waals surface area contributed by atoms with Gasteiger partial charge in [-0.3, -0.25) is 0 Å². The molecule has 0 aromatic carbocycles. The van der Waals surface area contributed by atoms with Gasteiger partial charge in [-0.15, -0.1) is 6.58 Å².